The number of nitrogens with zero attached hydrogens (tertiary/aromatic N) is 1. The number of esters is 1. The average Bonchev–Trinajstić information content (AvgIpc) is 3.39. The Kier molecular flexibility index (Phi) is 8.49. The topological polar surface area (TPSA) is 55.8 Å². The van der Waals surface area contributed by atoms with Crippen LogP contribution in [0.2, 0.25) is 5.02 Å². The van der Waals surface area contributed by atoms with Crippen molar-refractivity contribution in [3.8, 4) is 11.1 Å². The third kappa shape index (κ3) is 5.59. The lowest BCUT2D eigenvalue weighted by Crippen LogP contribution is -2.37. The van der Waals surface area contributed by atoms with E-state index in [1.165, 1.54) is 16.0 Å². The van der Waals surface area contributed by atoms with E-state index in [9.17, 15) is 9.59 Å². The molecule has 1 aliphatic carbocycles. The first-order valence-electron chi connectivity index (χ1n) is 14.6. The number of hydrogen-bond acceptors (Lipinski definition) is 4. The molecule has 220 valence electrons. The summed E-state index contributed by atoms with van der Waals surface area (Å²) in [5.41, 5.74) is 5.50. The molecular weight excluding hydrogens is 570 g/mol. The maximum Gasteiger partial charge on any atom is 0.409 e. The number of amides is 1. The molecule has 0 saturated carbocycles. The molecule has 0 fully saturated rings. The molecule has 0 aliphatic heterocycles. The van der Waals surface area contributed by atoms with Crippen molar-refractivity contribution >= 4 is 23.7 Å². The predicted octanol–water partition coefficient (Wildman–Crippen LogP) is 8.45. The van der Waals surface area contributed by atoms with Gasteiger partial charge < -0.3 is 14.4 Å². The Morgan fingerprint density at radius 1 is 0.705 bits per heavy atom. The Bertz CT molecular complexity index is 1690. The van der Waals surface area contributed by atoms with E-state index in [1.54, 1.807) is 13.1 Å². The lowest BCUT2D eigenvalue weighted by molar-refractivity contribution is -0.153. The second kappa shape index (κ2) is 12.8. The lowest BCUT2D eigenvalue weighted by Gasteiger charge is -2.36. The van der Waals surface area contributed by atoms with Crippen molar-refractivity contribution in [1.29, 1.82) is 0 Å². The van der Waals surface area contributed by atoms with Crippen LogP contribution in [0.5, 0.6) is 0 Å². The molecule has 0 N–H and O–H groups in total. The van der Waals surface area contributed by atoms with Crippen LogP contribution in [0.4, 0.5) is 4.79 Å². The maximum atomic E-state index is 13.6. The monoisotopic (exact) mass is 601 g/mol. The Morgan fingerprint density at radius 2 is 1.20 bits per heavy atom. The molecule has 44 heavy (non-hydrogen) atoms. The molecule has 0 bridgehead atoms. The summed E-state index contributed by atoms with van der Waals surface area (Å²) in [7, 11) is 1.63. The van der Waals surface area contributed by atoms with Gasteiger partial charge in [0, 0.05) is 41.2 Å². The van der Waals surface area contributed by atoms with E-state index >= 15 is 0 Å². The fraction of sp³-hybridized carbons (Fsp3) is 0.158. The smallest absolute Gasteiger partial charge is 0.409 e. The van der Waals surface area contributed by atoms with Gasteiger partial charge in [-0.25, -0.2) is 4.79 Å². The standard InChI is InChI=1S/C38H32ClNO4/c1-40(37(42)43-26-33-31-20-10-8-18-29(31)30-19-9-11-21-32(30)33)25-24-36(41)44-38(27-14-4-2-5-15-27,28-16-6-3-7-17-28)34-22-12-13-23-35(34)39/h2-23,33H,24-26H2,1H3. The molecule has 0 unspecified atom stereocenters. The molecule has 0 saturated heterocycles. The van der Waals surface area contributed by atoms with Crippen molar-refractivity contribution in [3.63, 3.8) is 0 Å². The van der Waals surface area contributed by atoms with Crippen molar-refractivity contribution in [1.82, 2.24) is 4.90 Å². The molecule has 0 atom stereocenters. The number of benzene rings is 5. The van der Waals surface area contributed by atoms with Crippen LogP contribution in [0.15, 0.2) is 133 Å². The van der Waals surface area contributed by atoms with E-state index in [4.69, 9.17) is 21.1 Å². The predicted molar refractivity (Wildman–Crippen MR) is 173 cm³/mol. The van der Waals surface area contributed by atoms with Crippen molar-refractivity contribution in [2.45, 2.75) is 17.9 Å². The minimum atomic E-state index is -1.29. The normalized spacial score (nSPS) is 12.2. The summed E-state index contributed by atoms with van der Waals surface area (Å²) in [5.74, 6) is -0.520. The van der Waals surface area contributed by atoms with Crippen molar-refractivity contribution < 1.29 is 19.1 Å². The average molecular weight is 602 g/mol. The van der Waals surface area contributed by atoms with Crippen LogP contribution in [0.25, 0.3) is 11.1 Å². The Balaban J connectivity index is 1.18. The fourth-order valence-corrected chi connectivity index (χ4v) is 6.29. The van der Waals surface area contributed by atoms with Gasteiger partial charge in [-0.1, -0.05) is 139 Å². The SMILES string of the molecule is CN(CCC(=O)OC(c1ccccc1)(c1ccccc1)c1ccccc1Cl)C(=O)OCC1c2ccccc2-c2ccccc21. The zero-order valence-electron chi connectivity index (χ0n) is 24.4. The Labute approximate surface area is 262 Å². The second-order valence-corrected chi connectivity index (χ2v) is 11.2. The molecule has 5 aromatic rings. The molecule has 5 nitrogen and oxygen atoms in total. The minimum absolute atomic E-state index is 0.0352. The first-order valence-corrected chi connectivity index (χ1v) is 15.0. The first kappa shape index (κ1) is 29.2. The highest BCUT2D eigenvalue weighted by Crippen LogP contribution is 2.45. The molecule has 5 aromatic carbocycles. The molecule has 0 spiro atoms. The summed E-state index contributed by atoms with van der Waals surface area (Å²) >= 11 is 6.75. The van der Waals surface area contributed by atoms with E-state index < -0.39 is 17.7 Å². The number of hydrogen-bond donors (Lipinski definition) is 0. The highest BCUT2D eigenvalue weighted by molar-refractivity contribution is 6.31. The van der Waals surface area contributed by atoms with Crippen LogP contribution in [0.1, 0.15) is 40.2 Å². The lowest BCUT2D eigenvalue weighted by atomic mass is 9.80. The zero-order valence-corrected chi connectivity index (χ0v) is 25.1. The first-order chi connectivity index (χ1) is 21.5. The number of rotatable bonds is 9. The van der Waals surface area contributed by atoms with Crippen LogP contribution in [0, 0.1) is 0 Å². The van der Waals surface area contributed by atoms with Crippen LogP contribution in [-0.2, 0) is 19.9 Å². The molecular formula is C38H32ClNO4. The second-order valence-electron chi connectivity index (χ2n) is 10.8. The van der Waals surface area contributed by atoms with Crippen molar-refractivity contribution in [2.24, 2.45) is 0 Å². The molecule has 1 amide bonds. The number of ether oxygens (including phenoxy) is 2. The molecule has 1 aliphatic rings. The van der Waals surface area contributed by atoms with Gasteiger partial charge in [0.2, 0.25) is 0 Å². The molecule has 6 heteroatoms. The van der Waals surface area contributed by atoms with E-state index in [0.717, 1.165) is 22.3 Å². The Hall–Kier alpha value is -4.87. The van der Waals surface area contributed by atoms with E-state index in [2.05, 4.69) is 24.3 Å². The Morgan fingerprint density at radius 3 is 1.77 bits per heavy atom. The van der Waals surface area contributed by atoms with Crippen molar-refractivity contribution in [2.75, 3.05) is 20.2 Å². The van der Waals surface area contributed by atoms with Gasteiger partial charge in [-0.05, 0) is 28.3 Å². The van der Waals surface area contributed by atoms with Crippen LogP contribution >= 0.6 is 11.6 Å². The van der Waals surface area contributed by atoms with Gasteiger partial charge in [0.25, 0.3) is 0 Å². The van der Waals surface area contributed by atoms with Gasteiger partial charge in [-0.3, -0.25) is 4.79 Å². The maximum absolute atomic E-state index is 13.6. The van der Waals surface area contributed by atoms with Gasteiger partial charge in [0.05, 0.1) is 6.42 Å². The third-order valence-corrected chi connectivity index (χ3v) is 8.51. The van der Waals surface area contributed by atoms with Crippen molar-refractivity contribution in [3.05, 3.63) is 166 Å². The van der Waals surface area contributed by atoms with Gasteiger partial charge in [0.15, 0.2) is 5.60 Å². The molecule has 0 heterocycles. The number of halogens is 1. The van der Waals surface area contributed by atoms with Crippen LogP contribution in [0.3, 0.4) is 0 Å². The van der Waals surface area contributed by atoms with Gasteiger partial charge in [0.1, 0.15) is 6.61 Å². The molecule has 6 rings (SSSR count). The van der Waals surface area contributed by atoms with Gasteiger partial charge in [-0.2, -0.15) is 0 Å². The summed E-state index contributed by atoms with van der Waals surface area (Å²) < 4.78 is 12.2. The highest BCUT2D eigenvalue weighted by Gasteiger charge is 2.42. The number of carbonyl (C=O) groups excluding carboxylic acids is 2. The number of carbonyl (C=O) groups is 2. The summed E-state index contributed by atoms with van der Waals surface area (Å²) in [4.78, 5) is 28.1. The molecule has 0 radical (unpaired) electrons. The summed E-state index contributed by atoms with van der Waals surface area (Å²) in [6, 6.07) is 42.9. The van der Waals surface area contributed by atoms with E-state index in [1.807, 2.05) is 103 Å². The quantitative estimate of drug-likeness (QED) is 0.126. The number of fused-ring (bicyclic) bond motifs is 3. The summed E-state index contributed by atoms with van der Waals surface area (Å²) in [6.45, 7) is 0.330. The molecule has 0 aromatic heterocycles. The minimum Gasteiger partial charge on any atom is -0.448 e. The van der Waals surface area contributed by atoms with Gasteiger partial charge >= 0.3 is 12.1 Å². The largest absolute Gasteiger partial charge is 0.448 e. The zero-order chi connectivity index (χ0) is 30.5. The fourth-order valence-electron chi connectivity index (χ4n) is 6.02. The van der Waals surface area contributed by atoms with E-state index in [0.29, 0.717) is 10.6 Å². The highest BCUT2D eigenvalue weighted by atomic mass is 35.5. The van der Waals surface area contributed by atoms with Crippen LogP contribution in [-0.4, -0.2) is 37.2 Å². The summed E-state index contributed by atoms with van der Waals surface area (Å²) in [5, 5.41) is 0.476. The van der Waals surface area contributed by atoms with Gasteiger partial charge in [-0.15, -0.1) is 0 Å². The van der Waals surface area contributed by atoms with Crippen LogP contribution < -0.4 is 0 Å². The van der Waals surface area contributed by atoms with E-state index in [-0.39, 0.29) is 25.5 Å². The summed E-state index contributed by atoms with van der Waals surface area (Å²) in [6.07, 6.45) is -0.532. The third-order valence-electron chi connectivity index (χ3n) is 8.18.